The Labute approximate surface area is 165 Å². The van der Waals surface area contributed by atoms with E-state index in [9.17, 15) is 9.59 Å². The van der Waals surface area contributed by atoms with Crippen LogP contribution in [0.25, 0.3) is 0 Å². The highest BCUT2D eigenvalue weighted by Crippen LogP contribution is 2.22. The van der Waals surface area contributed by atoms with Crippen LogP contribution in [0.1, 0.15) is 34.5 Å². The largest absolute Gasteiger partial charge is 0.353 e. The van der Waals surface area contributed by atoms with Gasteiger partial charge in [-0.2, -0.15) is 0 Å². The molecule has 2 saturated heterocycles. The molecule has 0 N–H and O–H groups in total. The minimum atomic E-state index is -0.0625. The van der Waals surface area contributed by atoms with Gasteiger partial charge in [0.15, 0.2) is 0 Å². The number of pyridine rings is 2. The van der Waals surface area contributed by atoms with Crippen molar-refractivity contribution in [3.05, 3.63) is 47.4 Å². The molecule has 2 aliphatic rings. The molecule has 7 heteroatoms. The standard InChI is InChI=1S/C21H25N5O2/c1-15-12-16(2)20(23-13-15)24-8-10-25(11-9-24)21(28)18-6-5-17(14-22-18)26-7-3-4-19(26)27/h5-6,12-14H,3-4,7-11H2,1-2H3. The first-order valence-corrected chi connectivity index (χ1v) is 9.77. The first-order chi connectivity index (χ1) is 13.5. The monoisotopic (exact) mass is 379 g/mol. The molecule has 4 heterocycles. The van der Waals surface area contributed by atoms with Gasteiger partial charge < -0.3 is 14.7 Å². The van der Waals surface area contributed by atoms with Gasteiger partial charge in [-0.15, -0.1) is 0 Å². The van der Waals surface area contributed by atoms with Crippen LogP contribution in [-0.2, 0) is 4.79 Å². The van der Waals surface area contributed by atoms with Crippen molar-refractivity contribution in [1.29, 1.82) is 0 Å². The summed E-state index contributed by atoms with van der Waals surface area (Å²) in [5.74, 6) is 1.06. The van der Waals surface area contributed by atoms with Crippen LogP contribution >= 0.6 is 0 Å². The zero-order valence-corrected chi connectivity index (χ0v) is 16.4. The van der Waals surface area contributed by atoms with E-state index in [2.05, 4.69) is 27.9 Å². The second-order valence-corrected chi connectivity index (χ2v) is 7.48. The van der Waals surface area contributed by atoms with Gasteiger partial charge in [0.25, 0.3) is 5.91 Å². The second-order valence-electron chi connectivity index (χ2n) is 7.48. The summed E-state index contributed by atoms with van der Waals surface area (Å²) in [6.07, 6.45) is 4.97. The molecular formula is C21H25N5O2. The molecule has 7 nitrogen and oxygen atoms in total. The molecular weight excluding hydrogens is 354 g/mol. The SMILES string of the molecule is Cc1cnc(N2CCN(C(=O)c3ccc(N4CCCC4=O)cn3)CC2)c(C)c1. The zero-order chi connectivity index (χ0) is 19.7. The van der Waals surface area contributed by atoms with Gasteiger partial charge in [0, 0.05) is 45.3 Å². The van der Waals surface area contributed by atoms with Crippen molar-refractivity contribution in [2.45, 2.75) is 26.7 Å². The van der Waals surface area contributed by atoms with Crippen molar-refractivity contribution in [2.75, 3.05) is 42.5 Å². The maximum atomic E-state index is 12.8. The molecule has 2 aliphatic heterocycles. The Hall–Kier alpha value is -2.96. The molecule has 0 aromatic carbocycles. The normalized spacial score (nSPS) is 17.4. The number of piperazine rings is 1. The molecule has 2 aromatic rings. The van der Waals surface area contributed by atoms with Crippen LogP contribution < -0.4 is 9.80 Å². The van der Waals surface area contributed by atoms with Crippen molar-refractivity contribution in [2.24, 2.45) is 0 Å². The minimum absolute atomic E-state index is 0.0625. The van der Waals surface area contributed by atoms with Gasteiger partial charge in [0.2, 0.25) is 5.91 Å². The fraction of sp³-hybridized carbons (Fsp3) is 0.429. The third kappa shape index (κ3) is 3.56. The lowest BCUT2D eigenvalue weighted by Crippen LogP contribution is -2.49. The summed E-state index contributed by atoms with van der Waals surface area (Å²) in [7, 11) is 0. The predicted molar refractivity (Wildman–Crippen MR) is 108 cm³/mol. The van der Waals surface area contributed by atoms with E-state index in [0.29, 0.717) is 25.2 Å². The Morgan fingerprint density at radius 1 is 1.00 bits per heavy atom. The number of carbonyl (C=O) groups is 2. The molecule has 2 fully saturated rings. The molecule has 0 unspecified atom stereocenters. The van der Waals surface area contributed by atoms with E-state index >= 15 is 0 Å². The Balaban J connectivity index is 1.39. The molecule has 0 aliphatic carbocycles. The Morgan fingerprint density at radius 3 is 2.39 bits per heavy atom. The van der Waals surface area contributed by atoms with E-state index in [1.807, 2.05) is 24.1 Å². The molecule has 0 atom stereocenters. The fourth-order valence-electron chi connectivity index (χ4n) is 3.92. The predicted octanol–water partition coefficient (Wildman–Crippen LogP) is 2.18. The topological polar surface area (TPSA) is 69.6 Å². The van der Waals surface area contributed by atoms with Crippen molar-refractivity contribution < 1.29 is 9.59 Å². The number of amides is 2. The van der Waals surface area contributed by atoms with Gasteiger partial charge in [0.05, 0.1) is 11.9 Å². The smallest absolute Gasteiger partial charge is 0.272 e. The average Bonchev–Trinajstić information content (AvgIpc) is 3.14. The van der Waals surface area contributed by atoms with Gasteiger partial charge in [0.1, 0.15) is 11.5 Å². The first-order valence-electron chi connectivity index (χ1n) is 9.77. The van der Waals surface area contributed by atoms with Crippen LogP contribution in [0, 0.1) is 13.8 Å². The first kappa shape index (κ1) is 18.4. The van der Waals surface area contributed by atoms with E-state index < -0.39 is 0 Å². The van der Waals surface area contributed by atoms with E-state index in [-0.39, 0.29) is 11.8 Å². The minimum Gasteiger partial charge on any atom is -0.353 e. The number of aromatic nitrogens is 2. The van der Waals surface area contributed by atoms with Crippen molar-refractivity contribution in [1.82, 2.24) is 14.9 Å². The van der Waals surface area contributed by atoms with Crippen LogP contribution in [0.2, 0.25) is 0 Å². The van der Waals surface area contributed by atoms with Crippen LogP contribution in [0.15, 0.2) is 30.6 Å². The number of hydrogen-bond acceptors (Lipinski definition) is 5. The van der Waals surface area contributed by atoms with Crippen molar-refractivity contribution in [3.8, 4) is 0 Å². The molecule has 0 radical (unpaired) electrons. The summed E-state index contributed by atoms with van der Waals surface area (Å²) in [5.41, 5.74) is 3.51. The van der Waals surface area contributed by atoms with Gasteiger partial charge in [-0.1, -0.05) is 6.07 Å². The zero-order valence-electron chi connectivity index (χ0n) is 16.4. The quantitative estimate of drug-likeness (QED) is 0.818. The summed E-state index contributed by atoms with van der Waals surface area (Å²) in [6.45, 7) is 7.62. The highest BCUT2D eigenvalue weighted by Gasteiger charge is 2.25. The number of hydrogen-bond donors (Lipinski definition) is 0. The maximum absolute atomic E-state index is 12.8. The van der Waals surface area contributed by atoms with E-state index in [0.717, 1.165) is 48.7 Å². The Morgan fingerprint density at radius 2 is 1.79 bits per heavy atom. The lowest BCUT2D eigenvalue weighted by atomic mass is 10.2. The van der Waals surface area contributed by atoms with Gasteiger partial charge in [-0.3, -0.25) is 9.59 Å². The molecule has 2 amide bonds. The average molecular weight is 379 g/mol. The Kier molecular flexibility index (Phi) is 4.98. The number of rotatable bonds is 3. The summed E-state index contributed by atoms with van der Waals surface area (Å²) in [4.78, 5) is 39.3. The number of anilines is 2. The van der Waals surface area contributed by atoms with Crippen molar-refractivity contribution in [3.63, 3.8) is 0 Å². The third-order valence-corrected chi connectivity index (χ3v) is 5.41. The summed E-state index contributed by atoms with van der Waals surface area (Å²) in [6, 6.07) is 5.68. The van der Waals surface area contributed by atoms with Gasteiger partial charge in [-0.05, 0) is 43.5 Å². The summed E-state index contributed by atoms with van der Waals surface area (Å²) >= 11 is 0. The lowest BCUT2D eigenvalue weighted by Gasteiger charge is -2.36. The number of carbonyl (C=O) groups excluding carboxylic acids is 2. The van der Waals surface area contributed by atoms with E-state index in [1.54, 1.807) is 17.2 Å². The van der Waals surface area contributed by atoms with Gasteiger partial charge in [-0.25, -0.2) is 9.97 Å². The molecule has 28 heavy (non-hydrogen) atoms. The number of nitrogens with zero attached hydrogens (tertiary/aromatic N) is 5. The highest BCUT2D eigenvalue weighted by molar-refractivity contribution is 5.96. The van der Waals surface area contributed by atoms with E-state index in [1.165, 1.54) is 0 Å². The Bertz CT molecular complexity index is 888. The van der Waals surface area contributed by atoms with E-state index in [4.69, 9.17) is 0 Å². The molecule has 4 rings (SSSR count). The van der Waals surface area contributed by atoms with Crippen LogP contribution in [0.5, 0.6) is 0 Å². The van der Waals surface area contributed by atoms with Crippen LogP contribution in [0.3, 0.4) is 0 Å². The van der Waals surface area contributed by atoms with Gasteiger partial charge >= 0.3 is 0 Å². The lowest BCUT2D eigenvalue weighted by molar-refractivity contribution is -0.117. The van der Waals surface area contributed by atoms with Crippen LogP contribution in [0.4, 0.5) is 11.5 Å². The molecule has 2 aromatic heterocycles. The second kappa shape index (κ2) is 7.58. The maximum Gasteiger partial charge on any atom is 0.272 e. The summed E-state index contributed by atoms with van der Waals surface area (Å²) < 4.78 is 0. The molecule has 0 bridgehead atoms. The molecule has 0 spiro atoms. The fourth-order valence-corrected chi connectivity index (χ4v) is 3.92. The number of aryl methyl sites for hydroxylation is 2. The highest BCUT2D eigenvalue weighted by atomic mass is 16.2. The molecule has 146 valence electrons. The van der Waals surface area contributed by atoms with Crippen LogP contribution in [-0.4, -0.2) is 59.4 Å². The summed E-state index contributed by atoms with van der Waals surface area (Å²) in [5, 5.41) is 0. The van der Waals surface area contributed by atoms with Crippen molar-refractivity contribution >= 4 is 23.3 Å². The third-order valence-electron chi connectivity index (χ3n) is 5.41. The molecule has 0 saturated carbocycles.